The normalized spacial score (nSPS) is 39.6. The number of aromatic amines is 1. The summed E-state index contributed by atoms with van der Waals surface area (Å²) in [5.74, 6) is -2.91. The molecule has 6 N–H and O–H groups in total. The Morgan fingerprint density at radius 3 is 2.47 bits per heavy atom. The lowest BCUT2D eigenvalue weighted by Crippen LogP contribution is -2.57. The van der Waals surface area contributed by atoms with Crippen LogP contribution in [-0.4, -0.2) is 113 Å². The Bertz CT molecular complexity index is 1300. The molecule has 38 heavy (non-hydrogen) atoms. The van der Waals surface area contributed by atoms with Gasteiger partial charge in [0.1, 0.15) is 42.0 Å². The van der Waals surface area contributed by atoms with E-state index < -0.39 is 95.8 Å². The molecule has 3 fully saturated rings. The second-order valence-corrected chi connectivity index (χ2v) is 10.6. The molecule has 5 unspecified atom stereocenters. The number of nitrogens with zero attached hydrogens (tertiary/aromatic N) is 2. The first-order valence-electron chi connectivity index (χ1n) is 11.8. The van der Waals surface area contributed by atoms with Crippen molar-refractivity contribution in [3.63, 3.8) is 0 Å². The van der Waals surface area contributed by atoms with Crippen LogP contribution in [0.5, 0.6) is 0 Å². The smallest absolute Gasteiger partial charge is 0.330 e. The molecule has 0 bridgehead atoms. The molecule has 16 heteroatoms. The Labute approximate surface area is 218 Å². The summed E-state index contributed by atoms with van der Waals surface area (Å²) in [6.45, 7) is 0.865. The molecule has 5 heterocycles. The highest BCUT2D eigenvalue weighted by Gasteiger charge is 2.58. The Hall–Kier alpha value is -2.86. The molecule has 3 amide bonds. The van der Waals surface area contributed by atoms with Gasteiger partial charge in [0, 0.05) is 17.8 Å². The molecular weight excluding hydrogens is 528 g/mol. The second-order valence-electron chi connectivity index (χ2n) is 9.49. The fourth-order valence-electron chi connectivity index (χ4n) is 5.35. The number of hydrogen-bond acceptors (Lipinski definition) is 12. The number of carbonyl (C=O) groups is 3. The van der Waals surface area contributed by atoms with Gasteiger partial charge in [-0.3, -0.25) is 34.0 Å². The number of imide groups is 1. The van der Waals surface area contributed by atoms with E-state index in [1.54, 1.807) is 0 Å². The molecule has 4 aliphatic rings. The summed E-state index contributed by atoms with van der Waals surface area (Å²) < 4.78 is 12.6. The van der Waals surface area contributed by atoms with Crippen molar-refractivity contribution >= 4 is 29.5 Å². The predicted molar refractivity (Wildman–Crippen MR) is 126 cm³/mol. The molecule has 5 rings (SSSR count). The van der Waals surface area contributed by atoms with E-state index in [0.29, 0.717) is 0 Å². The Kier molecular flexibility index (Phi) is 7.06. The van der Waals surface area contributed by atoms with E-state index in [1.165, 1.54) is 17.9 Å². The fraction of sp³-hybridized carbons (Fsp3) is 0.591. The van der Waals surface area contributed by atoms with Crippen LogP contribution < -0.4 is 16.6 Å². The van der Waals surface area contributed by atoms with E-state index in [-0.39, 0.29) is 11.3 Å². The number of thioether (sulfide) groups is 1. The van der Waals surface area contributed by atoms with Gasteiger partial charge in [-0.15, -0.1) is 11.8 Å². The third-order valence-electron chi connectivity index (χ3n) is 7.20. The molecule has 15 nitrogen and oxygen atoms in total. The van der Waals surface area contributed by atoms with Crippen LogP contribution in [0.3, 0.4) is 0 Å². The van der Waals surface area contributed by atoms with Gasteiger partial charge < -0.3 is 34.8 Å². The van der Waals surface area contributed by atoms with Gasteiger partial charge in [-0.1, -0.05) is 6.08 Å². The van der Waals surface area contributed by atoms with E-state index in [9.17, 15) is 44.4 Å². The van der Waals surface area contributed by atoms with Crippen molar-refractivity contribution in [2.45, 2.75) is 61.2 Å². The van der Waals surface area contributed by atoms with E-state index in [1.807, 2.05) is 4.98 Å². The van der Waals surface area contributed by atoms with Crippen molar-refractivity contribution in [2.75, 3.05) is 12.4 Å². The molecule has 0 radical (unpaired) electrons. The Morgan fingerprint density at radius 1 is 1.05 bits per heavy atom. The first kappa shape index (κ1) is 26.7. The van der Waals surface area contributed by atoms with Gasteiger partial charge >= 0.3 is 5.69 Å². The number of carbonyl (C=O) groups excluding carboxylic acids is 3. The summed E-state index contributed by atoms with van der Waals surface area (Å²) >= 11 is 1.06. The molecule has 0 spiro atoms. The number of hydrogen-bond donors (Lipinski definition) is 6. The van der Waals surface area contributed by atoms with Gasteiger partial charge in [0.15, 0.2) is 6.23 Å². The van der Waals surface area contributed by atoms with Crippen molar-refractivity contribution in [1.82, 2.24) is 19.8 Å². The summed E-state index contributed by atoms with van der Waals surface area (Å²) in [6.07, 6.45) is -7.16. The van der Waals surface area contributed by atoms with Crippen molar-refractivity contribution < 1.29 is 44.3 Å². The molecule has 3 saturated heterocycles. The number of nitrogens with one attached hydrogen (secondary N) is 2. The third kappa shape index (κ3) is 4.31. The SMILES string of the molecule is CC1=CC(C2O[C@H](CO)C(N3C(=O)CS[C@@H]3C3OC(n4ccc(=O)[nH]c4=O)[C@@H](O)[C@H]3O)[C@H]2O)C(=O)NC1=O. The molecular formula is C22H26N4O11S. The Morgan fingerprint density at radius 2 is 1.79 bits per heavy atom. The lowest BCUT2D eigenvalue weighted by atomic mass is 9.89. The van der Waals surface area contributed by atoms with Crippen LogP contribution in [0.4, 0.5) is 0 Å². The zero-order valence-corrected chi connectivity index (χ0v) is 20.7. The van der Waals surface area contributed by atoms with Crippen LogP contribution >= 0.6 is 11.8 Å². The van der Waals surface area contributed by atoms with Crippen molar-refractivity contribution in [2.24, 2.45) is 5.92 Å². The third-order valence-corrected chi connectivity index (χ3v) is 8.45. The maximum absolute atomic E-state index is 13.0. The first-order valence-corrected chi connectivity index (χ1v) is 12.8. The minimum absolute atomic E-state index is 0.0833. The highest BCUT2D eigenvalue weighted by molar-refractivity contribution is 8.01. The first-order chi connectivity index (χ1) is 18.0. The predicted octanol–water partition coefficient (Wildman–Crippen LogP) is -4.23. The van der Waals surface area contributed by atoms with Crippen LogP contribution in [0.1, 0.15) is 13.2 Å². The van der Waals surface area contributed by atoms with Gasteiger partial charge in [0.25, 0.3) is 11.5 Å². The summed E-state index contributed by atoms with van der Waals surface area (Å²) in [4.78, 5) is 64.2. The summed E-state index contributed by atoms with van der Waals surface area (Å²) in [5.41, 5.74) is -1.31. The van der Waals surface area contributed by atoms with E-state index in [0.717, 1.165) is 28.6 Å². The van der Waals surface area contributed by atoms with Crippen LogP contribution in [0.15, 0.2) is 33.5 Å². The standard InChI is InChI=1S/C22H26N4O11S/c1-7-4-8(19(34)24-18(7)33)16-13(30)12(9(5-27)36-16)26-11(29)6-38-21(26)17-14(31)15(32)20(37-17)25-3-2-10(28)23-22(25)35/h2-4,8-9,12-17,20-21,27,30-32H,5-6H2,1H3,(H,23,28,35)(H,24,33,34)/t8?,9-,12?,13-,14-,15+,16?,17?,20?,21-/m1/s1. The molecule has 1 aromatic rings. The molecule has 0 aliphatic carbocycles. The quantitative estimate of drug-likeness (QED) is 0.191. The van der Waals surface area contributed by atoms with Crippen molar-refractivity contribution in [3.8, 4) is 0 Å². The van der Waals surface area contributed by atoms with Gasteiger partial charge in [0.2, 0.25) is 11.8 Å². The van der Waals surface area contributed by atoms with Crippen LogP contribution in [-0.2, 0) is 23.9 Å². The number of rotatable bonds is 5. The summed E-state index contributed by atoms with van der Waals surface area (Å²) in [7, 11) is 0. The van der Waals surface area contributed by atoms with Gasteiger partial charge in [-0.2, -0.15) is 0 Å². The van der Waals surface area contributed by atoms with Crippen LogP contribution in [0.25, 0.3) is 0 Å². The maximum atomic E-state index is 13.0. The highest BCUT2D eigenvalue weighted by Crippen LogP contribution is 2.43. The number of aliphatic hydroxyl groups excluding tert-OH is 4. The maximum Gasteiger partial charge on any atom is 0.330 e. The minimum atomic E-state index is -1.61. The average Bonchev–Trinajstić information content (AvgIpc) is 3.49. The number of aromatic nitrogens is 2. The fourth-order valence-corrected chi connectivity index (χ4v) is 6.64. The zero-order chi connectivity index (χ0) is 27.5. The number of ether oxygens (including phenoxy) is 2. The monoisotopic (exact) mass is 554 g/mol. The number of aliphatic hydroxyl groups is 4. The molecule has 0 saturated carbocycles. The lowest BCUT2D eigenvalue weighted by molar-refractivity contribution is -0.139. The zero-order valence-electron chi connectivity index (χ0n) is 19.9. The molecule has 206 valence electrons. The van der Waals surface area contributed by atoms with Gasteiger partial charge in [-0.05, 0) is 6.92 Å². The average molecular weight is 555 g/mol. The largest absolute Gasteiger partial charge is 0.394 e. The van der Waals surface area contributed by atoms with Crippen LogP contribution in [0.2, 0.25) is 0 Å². The summed E-state index contributed by atoms with van der Waals surface area (Å²) in [6, 6.07) is -0.125. The van der Waals surface area contributed by atoms with E-state index in [4.69, 9.17) is 9.47 Å². The lowest BCUT2D eigenvalue weighted by Gasteiger charge is -2.37. The van der Waals surface area contributed by atoms with E-state index >= 15 is 0 Å². The number of H-pyrrole nitrogens is 1. The van der Waals surface area contributed by atoms with Crippen molar-refractivity contribution in [3.05, 3.63) is 44.8 Å². The molecule has 4 aliphatic heterocycles. The highest BCUT2D eigenvalue weighted by atomic mass is 32.2. The molecule has 10 atom stereocenters. The van der Waals surface area contributed by atoms with Gasteiger partial charge in [0.05, 0.1) is 24.3 Å². The summed E-state index contributed by atoms with van der Waals surface area (Å²) in [5, 5.41) is 44.0. The topological polar surface area (TPSA) is 221 Å². The van der Waals surface area contributed by atoms with Crippen molar-refractivity contribution in [1.29, 1.82) is 0 Å². The molecule has 0 aromatic carbocycles. The number of amides is 3. The second kappa shape index (κ2) is 10.0. The van der Waals surface area contributed by atoms with Gasteiger partial charge in [-0.25, -0.2) is 4.79 Å². The van der Waals surface area contributed by atoms with Crippen LogP contribution in [0, 0.1) is 5.92 Å². The van der Waals surface area contributed by atoms with E-state index in [2.05, 4.69) is 5.32 Å². The molecule has 1 aromatic heterocycles. The Balaban J connectivity index is 1.43. The minimum Gasteiger partial charge on any atom is -0.394 e.